The van der Waals surface area contributed by atoms with E-state index in [9.17, 15) is 14.9 Å². The zero-order valence-corrected chi connectivity index (χ0v) is 18.5. The maximum atomic E-state index is 12.4. The lowest BCUT2D eigenvalue weighted by molar-refractivity contribution is -0.144. The Hall–Kier alpha value is -2.81. The molecule has 3 rings (SSSR count). The Bertz CT molecular complexity index is 895. The number of fused-ring (bicyclic) bond motifs is 2. The Morgan fingerprint density at radius 3 is 2.43 bits per heavy atom. The molecule has 2 bridgehead atoms. The van der Waals surface area contributed by atoms with Crippen LogP contribution >= 0.6 is 0 Å². The Balaban J connectivity index is 1.56. The standard InChI is InChI=1S/C24H31N3O3/c1-23(2)18-10-11-24(23,3)20(13-18)26-21(28)15-30-22(29)17(14-25)12-16-6-8-19(9-7-16)27(4)5/h6-9,12,18,20H,10-11,13,15H2,1-5H3,(H,26,28)/b17-12+. The first kappa shape index (κ1) is 21.9. The highest BCUT2D eigenvalue weighted by molar-refractivity contribution is 5.98. The highest BCUT2D eigenvalue weighted by atomic mass is 16.5. The van der Waals surface area contributed by atoms with Crippen LogP contribution in [0.5, 0.6) is 0 Å². The second kappa shape index (κ2) is 8.14. The number of anilines is 1. The molecule has 1 N–H and O–H groups in total. The molecule has 0 aliphatic heterocycles. The first-order chi connectivity index (χ1) is 14.1. The quantitative estimate of drug-likeness (QED) is 0.441. The van der Waals surface area contributed by atoms with E-state index in [4.69, 9.17) is 4.74 Å². The molecular formula is C24H31N3O3. The number of nitriles is 1. The third-order valence-electron chi connectivity index (χ3n) is 7.52. The number of esters is 1. The fourth-order valence-electron chi connectivity index (χ4n) is 5.04. The second-order valence-electron chi connectivity index (χ2n) is 9.46. The Labute approximate surface area is 178 Å². The van der Waals surface area contributed by atoms with Crippen LogP contribution in [0.15, 0.2) is 29.8 Å². The Kier molecular flexibility index (Phi) is 5.94. The minimum absolute atomic E-state index is 0.0633. The summed E-state index contributed by atoms with van der Waals surface area (Å²) in [5, 5.41) is 12.4. The van der Waals surface area contributed by atoms with Gasteiger partial charge in [0.2, 0.25) is 0 Å². The van der Waals surface area contributed by atoms with Crippen molar-refractivity contribution in [2.24, 2.45) is 16.7 Å². The van der Waals surface area contributed by atoms with E-state index < -0.39 is 5.97 Å². The first-order valence-electron chi connectivity index (χ1n) is 10.4. The molecular weight excluding hydrogens is 378 g/mol. The largest absolute Gasteiger partial charge is 0.451 e. The van der Waals surface area contributed by atoms with Crippen LogP contribution in [0, 0.1) is 28.1 Å². The molecule has 1 amide bonds. The van der Waals surface area contributed by atoms with Gasteiger partial charge >= 0.3 is 5.97 Å². The fraction of sp³-hybridized carbons (Fsp3) is 0.542. The van der Waals surface area contributed by atoms with Crippen molar-refractivity contribution in [3.05, 3.63) is 35.4 Å². The predicted molar refractivity (Wildman–Crippen MR) is 116 cm³/mol. The molecule has 0 heterocycles. The minimum Gasteiger partial charge on any atom is -0.451 e. The van der Waals surface area contributed by atoms with Gasteiger partial charge in [0.1, 0.15) is 11.6 Å². The number of hydrogen-bond donors (Lipinski definition) is 1. The van der Waals surface area contributed by atoms with Crippen molar-refractivity contribution < 1.29 is 14.3 Å². The molecule has 3 unspecified atom stereocenters. The van der Waals surface area contributed by atoms with Gasteiger partial charge in [0.05, 0.1) is 0 Å². The molecule has 2 fully saturated rings. The molecule has 0 spiro atoms. The summed E-state index contributed by atoms with van der Waals surface area (Å²) in [4.78, 5) is 26.7. The van der Waals surface area contributed by atoms with Gasteiger partial charge in [0.15, 0.2) is 6.61 Å². The molecule has 6 nitrogen and oxygen atoms in total. The lowest BCUT2D eigenvalue weighted by Gasteiger charge is -2.39. The summed E-state index contributed by atoms with van der Waals surface area (Å²) in [6.45, 7) is 6.43. The number of nitrogens with one attached hydrogen (secondary N) is 1. The van der Waals surface area contributed by atoms with Gasteiger partial charge in [-0.05, 0) is 59.8 Å². The van der Waals surface area contributed by atoms with Crippen LogP contribution in [-0.4, -0.2) is 38.6 Å². The number of hydrogen-bond acceptors (Lipinski definition) is 5. The van der Waals surface area contributed by atoms with Gasteiger partial charge in [-0.25, -0.2) is 4.79 Å². The van der Waals surface area contributed by atoms with E-state index in [-0.39, 0.29) is 35.0 Å². The summed E-state index contributed by atoms with van der Waals surface area (Å²) >= 11 is 0. The van der Waals surface area contributed by atoms with Gasteiger partial charge in [0.25, 0.3) is 5.91 Å². The van der Waals surface area contributed by atoms with Gasteiger partial charge in [-0.3, -0.25) is 4.79 Å². The molecule has 160 valence electrons. The summed E-state index contributed by atoms with van der Waals surface area (Å²) in [6, 6.07) is 9.41. The maximum absolute atomic E-state index is 12.4. The summed E-state index contributed by atoms with van der Waals surface area (Å²) in [5.41, 5.74) is 1.86. The van der Waals surface area contributed by atoms with E-state index in [1.807, 2.05) is 49.3 Å². The van der Waals surface area contributed by atoms with Gasteiger partial charge in [-0.15, -0.1) is 0 Å². The molecule has 6 heteroatoms. The van der Waals surface area contributed by atoms with E-state index in [0.29, 0.717) is 5.92 Å². The number of carbonyl (C=O) groups excluding carboxylic acids is 2. The number of amides is 1. The maximum Gasteiger partial charge on any atom is 0.349 e. The van der Waals surface area contributed by atoms with E-state index in [2.05, 4.69) is 26.1 Å². The van der Waals surface area contributed by atoms with Crippen LogP contribution in [0.2, 0.25) is 0 Å². The van der Waals surface area contributed by atoms with Crippen molar-refractivity contribution in [3.63, 3.8) is 0 Å². The van der Waals surface area contributed by atoms with Gasteiger partial charge in [-0.2, -0.15) is 5.26 Å². The number of rotatable bonds is 6. The van der Waals surface area contributed by atoms with Gasteiger partial charge in [0, 0.05) is 25.8 Å². The molecule has 1 aromatic rings. The molecule has 0 saturated heterocycles. The molecule has 0 radical (unpaired) electrons. The average Bonchev–Trinajstić information content (AvgIpc) is 3.04. The van der Waals surface area contributed by atoms with E-state index in [0.717, 1.165) is 24.1 Å². The van der Waals surface area contributed by atoms with Gasteiger partial charge < -0.3 is 15.0 Å². The molecule has 0 aromatic heterocycles. The third-order valence-corrected chi connectivity index (χ3v) is 7.52. The molecule has 30 heavy (non-hydrogen) atoms. The Morgan fingerprint density at radius 2 is 1.93 bits per heavy atom. The highest BCUT2D eigenvalue weighted by Crippen LogP contribution is 2.65. The van der Waals surface area contributed by atoms with Crippen LogP contribution in [0.4, 0.5) is 5.69 Å². The third kappa shape index (κ3) is 3.94. The summed E-state index contributed by atoms with van der Waals surface area (Å²) < 4.78 is 5.12. The fourth-order valence-corrected chi connectivity index (χ4v) is 5.04. The Morgan fingerprint density at radius 1 is 1.27 bits per heavy atom. The van der Waals surface area contributed by atoms with Crippen LogP contribution in [0.25, 0.3) is 6.08 Å². The van der Waals surface area contributed by atoms with Crippen LogP contribution in [-0.2, 0) is 14.3 Å². The number of carbonyl (C=O) groups is 2. The molecule has 2 saturated carbocycles. The topological polar surface area (TPSA) is 82.4 Å². The summed E-state index contributed by atoms with van der Waals surface area (Å²) in [7, 11) is 3.87. The van der Waals surface area contributed by atoms with Crippen LogP contribution < -0.4 is 10.2 Å². The second-order valence-corrected chi connectivity index (χ2v) is 9.46. The van der Waals surface area contributed by atoms with E-state index in [1.165, 1.54) is 12.5 Å². The van der Waals surface area contributed by atoms with Crippen molar-refractivity contribution >= 4 is 23.6 Å². The zero-order valence-electron chi connectivity index (χ0n) is 18.5. The normalized spacial score (nSPS) is 26.7. The van der Waals surface area contributed by atoms with E-state index >= 15 is 0 Å². The lowest BCUT2D eigenvalue weighted by Crippen LogP contribution is -2.48. The monoisotopic (exact) mass is 409 g/mol. The number of nitrogens with zero attached hydrogens (tertiary/aromatic N) is 2. The minimum atomic E-state index is -0.788. The van der Waals surface area contributed by atoms with E-state index in [1.54, 1.807) is 0 Å². The molecule has 3 atom stereocenters. The van der Waals surface area contributed by atoms with Gasteiger partial charge in [-0.1, -0.05) is 32.9 Å². The highest BCUT2D eigenvalue weighted by Gasteiger charge is 2.61. The molecule has 2 aliphatic carbocycles. The van der Waals surface area contributed by atoms with Crippen molar-refractivity contribution in [2.45, 2.75) is 46.1 Å². The zero-order chi connectivity index (χ0) is 22.1. The van der Waals surface area contributed by atoms with Crippen molar-refractivity contribution in [1.82, 2.24) is 5.32 Å². The number of ether oxygens (including phenoxy) is 1. The van der Waals surface area contributed by atoms with Crippen LogP contribution in [0.1, 0.15) is 45.6 Å². The molecule has 2 aliphatic rings. The smallest absolute Gasteiger partial charge is 0.349 e. The summed E-state index contributed by atoms with van der Waals surface area (Å²) in [6.07, 6.45) is 4.74. The van der Waals surface area contributed by atoms with Crippen molar-refractivity contribution in [2.75, 3.05) is 25.6 Å². The number of benzene rings is 1. The molecule has 1 aromatic carbocycles. The predicted octanol–water partition coefficient (Wildman–Crippen LogP) is 3.53. The average molecular weight is 410 g/mol. The first-order valence-corrected chi connectivity index (χ1v) is 10.4. The van der Waals surface area contributed by atoms with Crippen LogP contribution in [0.3, 0.4) is 0 Å². The lowest BCUT2D eigenvalue weighted by atomic mass is 9.69. The summed E-state index contributed by atoms with van der Waals surface area (Å²) in [5.74, 6) is -0.489. The van der Waals surface area contributed by atoms with Crippen molar-refractivity contribution in [1.29, 1.82) is 5.26 Å². The SMILES string of the molecule is CN(C)c1ccc(/C=C(\C#N)C(=O)OCC(=O)NC2CC3CCC2(C)C3(C)C)cc1. The van der Waals surface area contributed by atoms with Crippen molar-refractivity contribution in [3.8, 4) is 6.07 Å².